The number of hydrogen-bond donors (Lipinski definition) is 1. The van der Waals surface area contributed by atoms with Gasteiger partial charge in [-0.15, -0.1) is 0 Å². The first kappa shape index (κ1) is 24.3. The van der Waals surface area contributed by atoms with E-state index in [0.29, 0.717) is 21.8 Å². The van der Waals surface area contributed by atoms with Gasteiger partial charge in [0.1, 0.15) is 6.61 Å². The number of benzene rings is 2. The Morgan fingerprint density at radius 3 is 2.31 bits per heavy atom. The minimum absolute atomic E-state index is 0.0297. The van der Waals surface area contributed by atoms with Gasteiger partial charge in [0.25, 0.3) is 0 Å². The first-order chi connectivity index (χ1) is 15.0. The van der Waals surface area contributed by atoms with Crippen molar-refractivity contribution in [3.63, 3.8) is 0 Å². The molecule has 0 amide bonds. The van der Waals surface area contributed by atoms with Crippen molar-refractivity contribution in [2.24, 2.45) is 5.92 Å². The number of ether oxygens (including phenoxy) is 1. The van der Waals surface area contributed by atoms with Crippen LogP contribution in [0.2, 0.25) is 10.0 Å². The molecule has 0 spiro atoms. The molecule has 3 aromatic rings. The van der Waals surface area contributed by atoms with Crippen molar-refractivity contribution in [2.75, 3.05) is 12.9 Å². The Bertz CT molecular complexity index is 1290. The van der Waals surface area contributed by atoms with Crippen LogP contribution in [0.5, 0.6) is 5.75 Å². The van der Waals surface area contributed by atoms with Crippen molar-refractivity contribution in [3.05, 3.63) is 69.1 Å². The molecule has 0 bridgehead atoms. The number of hydrogen-bond acceptors (Lipinski definition) is 6. The molecule has 0 unspecified atom stereocenters. The monoisotopic (exact) mass is 496 g/mol. The van der Waals surface area contributed by atoms with E-state index in [1.54, 1.807) is 24.3 Å². The molecular weight excluding hydrogens is 475 g/mol. The zero-order chi connectivity index (χ0) is 23.6. The van der Waals surface area contributed by atoms with E-state index in [2.05, 4.69) is 5.10 Å². The summed E-state index contributed by atoms with van der Waals surface area (Å²) in [7, 11) is -3.37. The molecule has 10 heteroatoms. The first-order valence-electron chi connectivity index (χ1n) is 9.68. The summed E-state index contributed by atoms with van der Waals surface area (Å²) in [5.74, 6) is -0.107. The largest absolute Gasteiger partial charge is 0.485 e. The fraction of sp³-hybridized carbons (Fsp3) is 0.273. The van der Waals surface area contributed by atoms with Crippen LogP contribution in [-0.4, -0.2) is 42.3 Å². The van der Waals surface area contributed by atoms with E-state index in [1.165, 1.54) is 24.4 Å². The van der Waals surface area contributed by atoms with Gasteiger partial charge in [0.2, 0.25) is 0 Å². The van der Waals surface area contributed by atoms with Crippen LogP contribution in [0.1, 0.15) is 13.8 Å². The van der Waals surface area contributed by atoms with Crippen LogP contribution in [0.15, 0.2) is 58.4 Å². The Balaban J connectivity index is 2.13. The predicted molar refractivity (Wildman–Crippen MR) is 125 cm³/mol. The molecule has 7 nitrogen and oxygen atoms in total. The molecule has 3 rings (SSSR count). The molecule has 0 aliphatic carbocycles. The summed E-state index contributed by atoms with van der Waals surface area (Å²) >= 11 is 12.1. The van der Waals surface area contributed by atoms with E-state index in [-0.39, 0.29) is 28.2 Å². The lowest BCUT2D eigenvalue weighted by Crippen LogP contribution is -2.28. The van der Waals surface area contributed by atoms with Crippen LogP contribution >= 0.6 is 23.2 Å². The molecule has 1 N–H and O–H groups in total. The van der Waals surface area contributed by atoms with Gasteiger partial charge in [-0.25, -0.2) is 8.42 Å². The van der Waals surface area contributed by atoms with Gasteiger partial charge >= 0.3 is 5.56 Å². The number of aliphatic hydroxyl groups excluding tert-OH is 1. The molecule has 1 atom stereocenters. The summed E-state index contributed by atoms with van der Waals surface area (Å²) < 4.78 is 30.4. The average Bonchev–Trinajstić information content (AvgIpc) is 2.74. The fourth-order valence-corrected chi connectivity index (χ4v) is 3.75. The highest BCUT2D eigenvalue weighted by Crippen LogP contribution is 2.29. The average molecular weight is 497 g/mol. The van der Waals surface area contributed by atoms with E-state index in [4.69, 9.17) is 27.9 Å². The topological polar surface area (TPSA) is 98.5 Å². The van der Waals surface area contributed by atoms with Crippen LogP contribution < -0.4 is 10.3 Å². The number of aliphatic hydroxyl groups is 1. The third-order valence-electron chi connectivity index (χ3n) is 4.84. The highest BCUT2D eigenvalue weighted by molar-refractivity contribution is 7.90. The SMILES string of the molecule is CC(C)[C@H](O)COc1c(-c2ccc(S(C)(=O)=O)cc2)cnn(-c2ccc(Cl)c(Cl)c2)c1=O. The van der Waals surface area contributed by atoms with Gasteiger partial charge in [0, 0.05) is 11.8 Å². The van der Waals surface area contributed by atoms with Gasteiger partial charge in [0.05, 0.1) is 32.9 Å². The summed E-state index contributed by atoms with van der Waals surface area (Å²) in [6.45, 7) is 3.56. The predicted octanol–water partition coefficient (Wildman–Crippen LogP) is 4.01. The van der Waals surface area contributed by atoms with Crippen molar-refractivity contribution in [3.8, 4) is 22.6 Å². The molecule has 0 aliphatic rings. The first-order valence-corrected chi connectivity index (χ1v) is 12.3. The second-order valence-electron chi connectivity index (χ2n) is 7.62. The Labute approximate surface area is 196 Å². The highest BCUT2D eigenvalue weighted by atomic mass is 35.5. The van der Waals surface area contributed by atoms with E-state index >= 15 is 0 Å². The Morgan fingerprint density at radius 1 is 1.09 bits per heavy atom. The van der Waals surface area contributed by atoms with Crippen molar-refractivity contribution in [1.82, 2.24) is 9.78 Å². The van der Waals surface area contributed by atoms with Crippen molar-refractivity contribution < 1.29 is 18.3 Å². The summed E-state index contributed by atoms with van der Waals surface area (Å²) in [5, 5.41) is 15.0. The maximum absolute atomic E-state index is 13.3. The summed E-state index contributed by atoms with van der Waals surface area (Å²) in [5.41, 5.74) is 0.723. The number of aromatic nitrogens is 2. The van der Waals surface area contributed by atoms with Gasteiger partial charge in [-0.1, -0.05) is 49.2 Å². The maximum Gasteiger partial charge on any atom is 0.314 e. The highest BCUT2D eigenvalue weighted by Gasteiger charge is 2.19. The molecule has 0 aliphatic heterocycles. The van der Waals surface area contributed by atoms with Crippen molar-refractivity contribution in [1.29, 1.82) is 0 Å². The second-order valence-corrected chi connectivity index (χ2v) is 10.5. The van der Waals surface area contributed by atoms with E-state index in [0.717, 1.165) is 10.9 Å². The van der Waals surface area contributed by atoms with Crippen molar-refractivity contribution in [2.45, 2.75) is 24.8 Å². The maximum atomic E-state index is 13.3. The van der Waals surface area contributed by atoms with Gasteiger partial charge in [0.15, 0.2) is 15.6 Å². The molecule has 1 aromatic heterocycles. The van der Waals surface area contributed by atoms with E-state index in [9.17, 15) is 18.3 Å². The Morgan fingerprint density at radius 2 is 1.75 bits per heavy atom. The number of halogens is 2. The van der Waals surface area contributed by atoms with Crippen LogP contribution in [0.3, 0.4) is 0 Å². The molecule has 170 valence electrons. The van der Waals surface area contributed by atoms with Gasteiger partial charge in [-0.05, 0) is 41.8 Å². The van der Waals surface area contributed by atoms with E-state index in [1.807, 2.05) is 13.8 Å². The van der Waals surface area contributed by atoms with Crippen LogP contribution in [0.25, 0.3) is 16.8 Å². The summed E-state index contributed by atoms with van der Waals surface area (Å²) in [6.07, 6.45) is 1.77. The number of nitrogens with zero attached hydrogens (tertiary/aromatic N) is 2. The van der Waals surface area contributed by atoms with Crippen molar-refractivity contribution >= 4 is 33.0 Å². The lowest BCUT2D eigenvalue weighted by Gasteiger charge is -2.18. The molecular formula is C22H22Cl2N2O5S. The molecule has 0 radical (unpaired) electrons. The van der Waals surface area contributed by atoms with Gasteiger partial charge in [-0.3, -0.25) is 4.79 Å². The lowest BCUT2D eigenvalue weighted by atomic mass is 10.1. The second kappa shape index (κ2) is 9.62. The molecule has 32 heavy (non-hydrogen) atoms. The summed E-state index contributed by atoms with van der Waals surface area (Å²) in [4.78, 5) is 13.4. The zero-order valence-corrected chi connectivity index (χ0v) is 19.9. The molecule has 2 aromatic carbocycles. The van der Waals surface area contributed by atoms with Crippen LogP contribution in [0, 0.1) is 5.92 Å². The fourth-order valence-electron chi connectivity index (χ4n) is 2.83. The minimum atomic E-state index is -3.37. The molecule has 1 heterocycles. The third kappa shape index (κ3) is 5.32. The third-order valence-corrected chi connectivity index (χ3v) is 6.71. The smallest absolute Gasteiger partial charge is 0.314 e. The van der Waals surface area contributed by atoms with Crippen LogP contribution in [-0.2, 0) is 9.84 Å². The normalized spacial score (nSPS) is 12.7. The van der Waals surface area contributed by atoms with Gasteiger partial charge < -0.3 is 9.84 Å². The lowest BCUT2D eigenvalue weighted by molar-refractivity contribution is 0.0695. The molecule has 0 fully saturated rings. The van der Waals surface area contributed by atoms with E-state index < -0.39 is 21.5 Å². The summed E-state index contributed by atoms with van der Waals surface area (Å²) in [6, 6.07) is 10.7. The van der Waals surface area contributed by atoms with Gasteiger partial charge in [-0.2, -0.15) is 9.78 Å². The molecule has 0 saturated heterocycles. The Kier molecular flexibility index (Phi) is 7.29. The zero-order valence-electron chi connectivity index (χ0n) is 17.6. The van der Waals surface area contributed by atoms with Crippen LogP contribution in [0.4, 0.5) is 0 Å². The Hall–Kier alpha value is -2.39. The quantitative estimate of drug-likeness (QED) is 0.530. The molecule has 0 saturated carbocycles. The minimum Gasteiger partial charge on any atom is -0.485 e. The number of rotatable bonds is 7. The number of sulfone groups is 1. The standard InChI is InChI=1S/C22H22Cl2N2O5S/c1-13(2)20(27)12-31-21-17(14-4-7-16(8-5-14)32(3,29)30)11-25-26(22(21)28)15-6-9-18(23)19(24)10-15/h4-11,13,20,27H,12H2,1-3H3/t20-/m1/s1.